The van der Waals surface area contributed by atoms with E-state index in [1.165, 1.54) is 25.3 Å². The van der Waals surface area contributed by atoms with Crippen LogP contribution < -0.4 is 14.8 Å². The normalized spacial score (nSPS) is 10.8. The first-order valence-electron chi connectivity index (χ1n) is 9.73. The van der Waals surface area contributed by atoms with E-state index in [0.717, 1.165) is 11.6 Å². The minimum absolute atomic E-state index is 0.0653. The van der Waals surface area contributed by atoms with Crippen molar-refractivity contribution in [1.29, 1.82) is 5.26 Å². The molecule has 10 heteroatoms. The third kappa shape index (κ3) is 6.25. The summed E-state index contributed by atoms with van der Waals surface area (Å²) in [6, 6.07) is 17.8. The Hall–Kier alpha value is -4.06. The number of methoxy groups -OCH3 is 1. The van der Waals surface area contributed by atoms with Crippen LogP contribution in [0.15, 0.2) is 66.2 Å². The lowest BCUT2D eigenvalue weighted by Crippen LogP contribution is -2.13. The van der Waals surface area contributed by atoms with Crippen LogP contribution in [0.3, 0.4) is 0 Å². The van der Waals surface area contributed by atoms with Gasteiger partial charge >= 0.3 is 0 Å². The average molecular weight is 498 g/mol. The summed E-state index contributed by atoms with van der Waals surface area (Å²) in [5.41, 5.74) is 0.993. The molecule has 0 bridgehead atoms. The minimum Gasteiger partial charge on any atom is -0.493 e. The number of nitro groups is 1. The standard InChI is InChI=1S/C24H17Cl2N3O5/c1-33-23-11-16(4-9-22(23)34-14-15-2-5-18(25)6-3-15)10-17(13-27)24(30)28-19-7-8-20(26)21(12-19)29(31)32/h2-12H,14H2,1H3,(H,28,30)/b17-10+. The van der Waals surface area contributed by atoms with E-state index in [1.807, 2.05) is 18.2 Å². The maximum absolute atomic E-state index is 12.5. The van der Waals surface area contributed by atoms with Gasteiger partial charge in [-0.25, -0.2) is 0 Å². The number of nitrogens with zero attached hydrogens (tertiary/aromatic N) is 2. The number of nitriles is 1. The largest absolute Gasteiger partial charge is 0.493 e. The van der Waals surface area contributed by atoms with E-state index < -0.39 is 10.8 Å². The van der Waals surface area contributed by atoms with Crippen LogP contribution in [0.2, 0.25) is 10.0 Å². The Morgan fingerprint density at radius 1 is 1.12 bits per heavy atom. The number of carbonyl (C=O) groups is 1. The molecule has 172 valence electrons. The zero-order chi connectivity index (χ0) is 24.7. The molecule has 0 saturated carbocycles. The van der Waals surface area contributed by atoms with Gasteiger partial charge in [-0.15, -0.1) is 0 Å². The molecule has 0 spiro atoms. The van der Waals surface area contributed by atoms with Gasteiger partial charge < -0.3 is 14.8 Å². The van der Waals surface area contributed by atoms with Crippen LogP contribution in [0, 0.1) is 21.4 Å². The summed E-state index contributed by atoms with van der Waals surface area (Å²) in [5.74, 6) is 0.154. The number of anilines is 1. The third-order valence-electron chi connectivity index (χ3n) is 4.57. The molecular weight excluding hydrogens is 481 g/mol. The Morgan fingerprint density at radius 3 is 2.50 bits per heavy atom. The van der Waals surface area contributed by atoms with Gasteiger partial charge in [-0.05, 0) is 53.6 Å². The zero-order valence-corrected chi connectivity index (χ0v) is 19.3. The second kappa shape index (κ2) is 11.2. The highest BCUT2D eigenvalue weighted by atomic mass is 35.5. The highest BCUT2D eigenvalue weighted by molar-refractivity contribution is 6.32. The van der Waals surface area contributed by atoms with Gasteiger partial charge in [-0.1, -0.05) is 41.4 Å². The summed E-state index contributed by atoms with van der Waals surface area (Å²) in [6.07, 6.45) is 1.37. The number of hydrogen-bond acceptors (Lipinski definition) is 6. The molecule has 0 fully saturated rings. The molecule has 3 aromatic rings. The van der Waals surface area contributed by atoms with Crippen molar-refractivity contribution in [3.63, 3.8) is 0 Å². The topological polar surface area (TPSA) is 114 Å². The summed E-state index contributed by atoms with van der Waals surface area (Å²) >= 11 is 11.7. The van der Waals surface area contributed by atoms with E-state index in [9.17, 15) is 20.2 Å². The molecule has 0 heterocycles. The van der Waals surface area contributed by atoms with E-state index in [-0.39, 0.29) is 22.0 Å². The zero-order valence-electron chi connectivity index (χ0n) is 17.7. The van der Waals surface area contributed by atoms with Crippen molar-refractivity contribution in [1.82, 2.24) is 0 Å². The quantitative estimate of drug-likeness (QED) is 0.175. The first kappa shape index (κ1) is 24.6. The summed E-state index contributed by atoms with van der Waals surface area (Å²) in [5, 5.41) is 23.5. The number of rotatable bonds is 8. The Morgan fingerprint density at radius 2 is 1.85 bits per heavy atom. The lowest BCUT2D eigenvalue weighted by Gasteiger charge is -2.12. The van der Waals surface area contributed by atoms with Gasteiger partial charge in [-0.2, -0.15) is 5.26 Å². The average Bonchev–Trinajstić information content (AvgIpc) is 2.83. The van der Waals surface area contributed by atoms with Crippen LogP contribution in [-0.4, -0.2) is 17.9 Å². The number of halogens is 2. The van der Waals surface area contributed by atoms with Crippen molar-refractivity contribution in [3.8, 4) is 17.6 Å². The molecule has 0 unspecified atom stereocenters. The van der Waals surface area contributed by atoms with Gasteiger partial charge in [0, 0.05) is 16.8 Å². The lowest BCUT2D eigenvalue weighted by molar-refractivity contribution is -0.384. The molecule has 0 aliphatic heterocycles. The minimum atomic E-state index is -0.735. The molecule has 1 N–H and O–H groups in total. The maximum Gasteiger partial charge on any atom is 0.289 e. The van der Waals surface area contributed by atoms with Crippen molar-refractivity contribution in [2.24, 2.45) is 0 Å². The Kier molecular flexibility index (Phi) is 8.09. The number of carbonyl (C=O) groups excluding carboxylic acids is 1. The molecular formula is C24H17Cl2N3O5. The summed E-state index contributed by atoms with van der Waals surface area (Å²) in [7, 11) is 1.48. The van der Waals surface area contributed by atoms with E-state index in [4.69, 9.17) is 32.7 Å². The first-order chi connectivity index (χ1) is 16.3. The summed E-state index contributed by atoms with van der Waals surface area (Å²) in [4.78, 5) is 22.9. The fraction of sp³-hybridized carbons (Fsp3) is 0.0833. The van der Waals surface area contributed by atoms with Crippen LogP contribution in [0.25, 0.3) is 6.08 Å². The highest BCUT2D eigenvalue weighted by Gasteiger charge is 2.16. The first-order valence-corrected chi connectivity index (χ1v) is 10.5. The predicted octanol–water partition coefficient (Wildman–Crippen LogP) is 6.03. The van der Waals surface area contributed by atoms with Gasteiger partial charge in [0.15, 0.2) is 11.5 Å². The Bertz CT molecular complexity index is 1300. The molecule has 34 heavy (non-hydrogen) atoms. The molecule has 3 aromatic carbocycles. The van der Waals surface area contributed by atoms with Crippen molar-refractivity contribution >= 4 is 46.6 Å². The molecule has 0 atom stereocenters. The molecule has 0 aliphatic carbocycles. The van der Waals surface area contributed by atoms with E-state index in [2.05, 4.69) is 5.32 Å². The van der Waals surface area contributed by atoms with Gasteiger partial charge in [0.25, 0.3) is 11.6 Å². The second-order valence-electron chi connectivity index (χ2n) is 6.87. The predicted molar refractivity (Wildman–Crippen MR) is 129 cm³/mol. The van der Waals surface area contributed by atoms with Crippen LogP contribution in [-0.2, 0) is 11.4 Å². The molecule has 0 saturated heterocycles. The second-order valence-corrected chi connectivity index (χ2v) is 7.72. The van der Waals surface area contributed by atoms with Crippen LogP contribution in [0.5, 0.6) is 11.5 Å². The fourth-order valence-electron chi connectivity index (χ4n) is 2.88. The third-order valence-corrected chi connectivity index (χ3v) is 5.14. The molecule has 3 rings (SSSR count). The maximum atomic E-state index is 12.5. The van der Waals surface area contributed by atoms with Crippen molar-refractivity contribution in [3.05, 3.63) is 97.5 Å². The number of ether oxygens (including phenoxy) is 2. The van der Waals surface area contributed by atoms with E-state index in [0.29, 0.717) is 28.7 Å². The van der Waals surface area contributed by atoms with E-state index >= 15 is 0 Å². The summed E-state index contributed by atoms with van der Waals surface area (Å²) < 4.78 is 11.2. The van der Waals surface area contributed by atoms with Gasteiger partial charge in [0.05, 0.1) is 12.0 Å². The SMILES string of the molecule is COc1cc(/C=C(\C#N)C(=O)Nc2ccc(Cl)c([N+](=O)[O-])c2)ccc1OCc1ccc(Cl)cc1. The van der Waals surface area contributed by atoms with Crippen molar-refractivity contribution in [2.75, 3.05) is 12.4 Å². The van der Waals surface area contributed by atoms with Gasteiger partial charge in [-0.3, -0.25) is 14.9 Å². The monoisotopic (exact) mass is 497 g/mol. The highest BCUT2D eigenvalue weighted by Crippen LogP contribution is 2.30. The fourth-order valence-corrected chi connectivity index (χ4v) is 3.19. The van der Waals surface area contributed by atoms with Crippen molar-refractivity contribution < 1.29 is 19.2 Å². The van der Waals surface area contributed by atoms with Gasteiger partial charge in [0.1, 0.15) is 23.3 Å². The molecule has 8 nitrogen and oxygen atoms in total. The van der Waals surface area contributed by atoms with E-state index in [1.54, 1.807) is 30.3 Å². The molecule has 0 aliphatic rings. The smallest absolute Gasteiger partial charge is 0.289 e. The molecule has 1 amide bonds. The Balaban J connectivity index is 1.76. The lowest BCUT2D eigenvalue weighted by atomic mass is 10.1. The number of hydrogen-bond donors (Lipinski definition) is 1. The molecule has 0 radical (unpaired) electrons. The number of amides is 1. The van der Waals surface area contributed by atoms with Crippen molar-refractivity contribution in [2.45, 2.75) is 6.61 Å². The number of benzene rings is 3. The van der Waals surface area contributed by atoms with Crippen LogP contribution in [0.4, 0.5) is 11.4 Å². The van der Waals surface area contributed by atoms with Crippen LogP contribution in [0.1, 0.15) is 11.1 Å². The van der Waals surface area contributed by atoms with Gasteiger partial charge in [0.2, 0.25) is 0 Å². The summed E-state index contributed by atoms with van der Waals surface area (Å²) in [6.45, 7) is 0.293. The molecule has 0 aromatic heterocycles. The van der Waals surface area contributed by atoms with Crippen LogP contribution >= 0.6 is 23.2 Å². The number of nitro benzene ring substituents is 1. The Labute approximate surface area is 205 Å². The number of nitrogens with one attached hydrogen (secondary N) is 1.